The zero-order chi connectivity index (χ0) is 16.2. The highest BCUT2D eigenvalue weighted by atomic mass is 16.2. The minimum absolute atomic E-state index is 0.00335. The lowest BCUT2D eigenvalue weighted by atomic mass is 10.1. The molecule has 0 radical (unpaired) electrons. The zero-order valence-electron chi connectivity index (χ0n) is 13.1. The molecule has 1 aliphatic heterocycles. The summed E-state index contributed by atoms with van der Waals surface area (Å²) in [4.78, 5) is 30.1. The van der Waals surface area contributed by atoms with Gasteiger partial charge in [0, 0.05) is 44.1 Å². The summed E-state index contributed by atoms with van der Waals surface area (Å²) in [5.41, 5.74) is 2.00. The molecule has 1 atom stereocenters. The third-order valence-electron chi connectivity index (χ3n) is 4.07. The Labute approximate surface area is 135 Å². The molecule has 1 saturated heterocycles. The van der Waals surface area contributed by atoms with Gasteiger partial charge < -0.3 is 14.8 Å². The zero-order valence-corrected chi connectivity index (χ0v) is 13.1. The topological polar surface area (TPSA) is 67.2 Å². The minimum Gasteiger partial charge on any atom is -0.354 e. The number of hydrogen-bond acceptors (Lipinski definition) is 3. The van der Waals surface area contributed by atoms with E-state index < -0.39 is 0 Å². The van der Waals surface area contributed by atoms with Crippen LogP contribution in [-0.2, 0) is 16.1 Å². The van der Waals surface area contributed by atoms with Crippen LogP contribution in [0.4, 0.5) is 5.69 Å². The van der Waals surface area contributed by atoms with E-state index in [1.807, 2.05) is 42.0 Å². The number of nitrogens with zero attached hydrogens (tertiary/aromatic N) is 3. The number of benzene rings is 1. The van der Waals surface area contributed by atoms with Crippen molar-refractivity contribution in [1.82, 2.24) is 14.9 Å². The maximum atomic E-state index is 12.2. The van der Waals surface area contributed by atoms with E-state index in [0.29, 0.717) is 19.6 Å². The Morgan fingerprint density at radius 2 is 2.13 bits per heavy atom. The molecular weight excluding hydrogens is 292 g/mol. The number of nitrogens with one attached hydrogen (secondary N) is 1. The molecule has 3 rings (SSSR count). The van der Waals surface area contributed by atoms with Crippen molar-refractivity contribution in [3.05, 3.63) is 48.5 Å². The lowest BCUT2D eigenvalue weighted by molar-refractivity contribution is -0.126. The molecule has 0 unspecified atom stereocenters. The largest absolute Gasteiger partial charge is 0.354 e. The Hall–Kier alpha value is -2.63. The van der Waals surface area contributed by atoms with Crippen molar-refractivity contribution in [2.24, 2.45) is 5.92 Å². The average molecular weight is 312 g/mol. The minimum atomic E-state index is -0.286. The van der Waals surface area contributed by atoms with Gasteiger partial charge in [-0.1, -0.05) is 17.7 Å². The van der Waals surface area contributed by atoms with Crippen LogP contribution in [0.5, 0.6) is 0 Å². The van der Waals surface area contributed by atoms with E-state index in [1.54, 1.807) is 17.4 Å². The van der Waals surface area contributed by atoms with Gasteiger partial charge in [0.25, 0.3) is 0 Å². The van der Waals surface area contributed by atoms with Crippen molar-refractivity contribution in [3.63, 3.8) is 0 Å². The maximum absolute atomic E-state index is 12.2. The first-order valence-corrected chi connectivity index (χ1v) is 7.74. The van der Waals surface area contributed by atoms with Crippen molar-refractivity contribution >= 4 is 17.5 Å². The molecule has 1 aromatic heterocycles. The van der Waals surface area contributed by atoms with Gasteiger partial charge in [0.1, 0.15) is 0 Å². The summed E-state index contributed by atoms with van der Waals surface area (Å²) in [7, 11) is 0. The quantitative estimate of drug-likeness (QED) is 0.906. The van der Waals surface area contributed by atoms with E-state index in [4.69, 9.17) is 0 Å². The molecule has 1 aliphatic rings. The smallest absolute Gasteiger partial charge is 0.227 e. The molecule has 0 bridgehead atoms. The van der Waals surface area contributed by atoms with E-state index in [-0.39, 0.29) is 24.2 Å². The summed E-state index contributed by atoms with van der Waals surface area (Å²) >= 11 is 0. The van der Waals surface area contributed by atoms with Gasteiger partial charge in [0.05, 0.1) is 12.2 Å². The Balaban J connectivity index is 1.54. The summed E-state index contributed by atoms with van der Waals surface area (Å²) in [6, 6.07) is 7.79. The third kappa shape index (κ3) is 3.59. The van der Waals surface area contributed by atoms with Crippen molar-refractivity contribution in [1.29, 1.82) is 0 Å². The van der Waals surface area contributed by atoms with E-state index in [0.717, 1.165) is 11.3 Å². The molecule has 0 spiro atoms. The number of aryl methyl sites for hydroxylation is 1. The van der Waals surface area contributed by atoms with Gasteiger partial charge in [-0.25, -0.2) is 4.98 Å². The average Bonchev–Trinajstić information content (AvgIpc) is 3.18. The highest BCUT2D eigenvalue weighted by Crippen LogP contribution is 2.25. The van der Waals surface area contributed by atoms with Gasteiger partial charge in [-0.3, -0.25) is 9.59 Å². The molecule has 0 aliphatic carbocycles. The Morgan fingerprint density at radius 1 is 1.35 bits per heavy atom. The molecule has 6 nitrogen and oxygen atoms in total. The van der Waals surface area contributed by atoms with Crippen molar-refractivity contribution in [2.45, 2.75) is 19.9 Å². The summed E-state index contributed by atoms with van der Waals surface area (Å²) in [5, 5.41) is 2.90. The van der Waals surface area contributed by atoms with Gasteiger partial charge in [-0.15, -0.1) is 0 Å². The molecule has 1 aromatic carbocycles. The summed E-state index contributed by atoms with van der Waals surface area (Å²) < 4.78 is 1.90. The van der Waals surface area contributed by atoms with Crippen molar-refractivity contribution in [3.8, 4) is 0 Å². The van der Waals surface area contributed by atoms with Crippen LogP contribution in [0.2, 0.25) is 0 Å². The predicted octanol–water partition coefficient (Wildman–Crippen LogP) is 1.36. The van der Waals surface area contributed by atoms with Gasteiger partial charge in [0.2, 0.25) is 11.8 Å². The summed E-state index contributed by atoms with van der Waals surface area (Å²) in [6.07, 6.45) is 5.54. The second kappa shape index (κ2) is 6.64. The highest BCUT2D eigenvalue weighted by Gasteiger charge is 2.34. The number of carbonyl (C=O) groups excluding carboxylic acids is 2. The van der Waals surface area contributed by atoms with Crippen LogP contribution >= 0.6 is 0 Å². The number of amides is 2. The first kappa shape index (κ1) is 15.3. The SMILES string of the molecule is Cc1ccc(N2C[C@@H](C(=O)NCCn3ccnc3)CC2=O)cc1. The maximum Gasteiger partial charge on any atom is 0.227 e. The number of imidazole rings is 1. The first-order valence-electron chi connectivity index (χ1n) is 7.74. The van der Waals surface area contributed by atoms with Gasteiger partial charge >= 0.3 is 0 Å². The van der Waals surface area contributed by atoms with Gasteiger partial charge in [-0.2, -0.15) is 0 Å². The fourth-order valence-electron chi connectivity index (χ4n) is 2.73. The van der Waals surface area contributed by atoms with Crippen molar-refractivity contribution in [2.75, 3.05) is 18.0 Å². The molecule has 0 saturated carbocycles. The number of hydrogen-bond donors (Lipinski definition) is 1. The second-order valence-corrected chi connectivity index (χ2v) is 5.83. The van der Waals surface area contributed by atoms with E-state index in [9.17, 15) is 9.59 Å². The van der Waals surface area contributed by atoms with Crippen LogP contribution in [0.25, 0.3) is 0 Å². The van der Waals surface area contributed by atoms with Gasteiger partial charge in [0.15, 0.2) is 0 Å². The van der Waals surface area contributed by atoms with Crippen molar-refractivity contribution < 1.29 is 9.59 Å². The number of rotatable bonds is 5. The highest BCUT2D eigenvalue weighted by molar-refractivity contribution is 6.00. The number of aromatic nitrogens is 2. The normalized spacial score (nSPS) is 17.5. The molecular formula is C17H20N4O2. The molecule has 1 N–H and O–H groups in total. The molecule has 2 heterocycles. The molecule has 23 heavy (non-hydrogen) atoms. The van der Waals surface area contributed by atoms with Crippen LogP contribution in [0.1, 0.15) is 12.0 Å². The fraction of sp³-hybridized carbons (Fsp3) is 0.353. The molecule has 2 amide bonds. The second-order valence-electron chi connectivity index (χ2n) is 5.83. The van der Waals surface area contributed by atoms with E-state index >= 15 is 0 Å². The number of anilines is 1. The van der Waals surface area contributed by atoms with Crippen LogP contribution in [0, 0.1) is 12.8 Å². The van der Waals surface area contributed by atoms with E-state index in [1.165, 1.54) is 0 Å². The van der Waals surface area contributed by atoms with Crippen LogP contribution in [-0.4, -0.2) is 34.5 Å². The van der Waals surface area contributed by atoms with E-state index in [2.05, 4.69) is 10.3 Å². The van der Waals surface area contributed by atoms with Crippen LogP contribution < -0.4 is 10.2 Å². The Morgan fingerprint density at radius 3 is 2.83 bits per heavy atom. The predicted molar refractivity (Wildman–Crippen MR) is 86.9 cm³/mol. The fourth-order valence-corrected chi connectivity index (χ4v) is 2.73. The third-order valence-corrected chi connectivity index (χ3v) is 4.07. The summed E-state index contributed by atoms with van der Waals surface area (Å²) in [5.74, 6) is -0.344. The lowest BCUT2D eigenvalue weighted by Gasteiger charge is -2.17. The summed E-state index contributed by atoms with van der Waals surface area (Å²) in [6.45, 7) is 3.66. The molecule has 2 aromatic rings. The standard InChI is InChI=1S/C17H20N4O2/c1-13-2-4-15(5-3-13)21-11-14(10-16(21)22)17(23)19-7-9-20-8-6-18-12-20/h2-6,8,12,14H,7,9-11H2,1H3,(H,19,23)/t14-/m0/s1. The number of carbonyl (C=O) groups is 2. The molecule has 1 fully saturated rings. The van der Waals surface area contributed by atoms with Crippen LogP contribution in [0.3, 0.4) is 0 Å². The Bertz CT molecular complexity index is 679. The van der Waals surface area contributed by atoms with Gasteiger partial charge in [-0.05, 0) is 19.1 Å². The molecule has 120 valence electrons. The first-order chi connectivity index (χ1) is 11.1. The lowest BCUT2D eigenvalue weighted by Crippen LogP contribution is -2.34. The van der Waals surface area contributed by atoms with Crippen LogP contribution in [0.15, 0.2) is 43.0 Å². The molecule has 6 heteroatoms. The monoisotopic (exact) mass is 312 g/mol. The Kier molecular flexibility index (Phi) is 4.41.